The third-order valence-corrected chi connectivity index (χ3v) is 3.21. The average Bonchev–Trinajstić information content (AvgIpc) is 2.56. The van der Waals surface area contributed by atoms with E-state index < -0.39 is 0 Å². The number of nitrogens with two attached hydrogens (primary N) is 4. The Morgan fingerprint density at radius 2 is 1.00 bits per heavy atom. The predicted molar refractivity (Wildman–Crippen MR) is 96.0 cm³/mol. The van der Waals surface area contributed by atoms with Gasteiger partial charge in [0.05, 0.1) is 17.1 Å². The third-order valence-electron chi connectivity index (χ3n) is 3.21. The van der Waals surface area contributed by atoms with Gasteiger partial charge < -0.3 is 22.9 Å². The Bertz CT molecular complexity index is 695. The lowest BCUT2D eigenvalue weighted by Crippen LogP contribution is -2.01. The SMILES string of the molecule is Nc1ccc(-c2ccc(N)c(N)c2N)cc1.c1ccccc1. The van der Waals surface area contributed by atoms with E-state index in [0.29, 0.717) is 22.7 Å². The van der Waals surface area contributed by atoms with Gasteiger partial charge in [-0.3, -0.25) is 0 Å². The Balaban J connectivity index is 0.000000246. The molecule has 3 aromatic rings. The topological polar surface area (TPSA) is 104 Å². The largest absolute Gasteiger partial charge is 0.399 e. The van der Waals surface area contributed by atoms with Gasteiger partial charge >= 0.3 is 0 Å². The maximum absolute atomic E-state index is 5.92. The van der Waals surface area contributed by atoms with Gasteiger partial charge in [-0.25, -0.2) is 0 Å². The highest BCUT2D eigenvalue weighted by atomic mass is 14.7. The summed E-state index contributed by atoms with van der Waals surface area (Å²) in [5.41, 5.74) is 27.0. The molecule has 22 heavy (non-hydrogen) atoms. The second kappa shape index (κ2) is 7.04. The van der Waals surface area contributed by atoms with E-state index in [2.05, 4.69) is 0 Å². The molecule has 0 aliphatic heterocycles. The van der Waals surface area contributed by atoms with Crippen molar-refractivity contribution in [2.24, 2.45) is 0 Å². The maximum atomic E-state index is 5.92. The summed E-state index contributed by atoms with van der Waals surface area (Å²) in [7, 11) is 0. The van der Waals surface area contributed by atoms with Crippen LogP contribution in [0.1, 0.15) is 0 Å². The number of benzene rings is 3. The van der Waals surface area contributed by atoms with Gasteiger partial charge in [-0.05, 0) is 23.8 Å². The van der Waals surface area contributed by atoms with Crippen molar-refractivity contribution in [2.45, 2.75) is 0 Å². The number of nitrogen functional groups attached to an aromatic ring is 4. The molecule has 0 spiro atoms. The third kappa shape index (κ3) is 3.70. The summed E-state index contributed by atoms with van der Waals surface area (Å²) < 4.78 is 0. The molecule has 0 saturated carbocycles. The molecule has 4 heteroatoms. The molecule has 112 valence electrons. The molecule has 0 unspecified atom stereocenters. The van der Waals surface area contributed by atoms with Gasteiger partial charge in [0.25, 0.3) is 0 Å². The van der Waals surface area contributed by atoms with Crippen LogP contribution in [0.25, 0.3) is 11.1 Å². The van der Waals surface area contributed by atoms with Crippen molar-refractivity contribution >= 4 is 22.7 Å². The quantitative estimate of drug-likeness (QED) is 0.516. The van der Waals surface area contributed by atoms with E-state index in [0.717, 1.165) is 11.1 Å². The minimum Gasteiger partial charge on any atom is -0.399 e. The highest BCUT2D eigenvalue weighted by Gasteiger charge is 2.07. The minimum atomic E-state index is 0.425. The Hall–Kier alpha value is -3.14. The Morgan fingerprint density at radius 3 is 1.50 bits per heavy atom. The molecule has 0 aliphatic carbocycles. The van der Waals surface area contributed by atoms with Crippen molar-refractivity contribution in [3.63, 3.8) is 0 Å². The molecule has 8 N–H and O–H groups in total. The van der Waals surface area contributed by atoms with E-state index in [1.165, 1.54) is 0 Å². The summed E-state index contributed by atoms with van der Waals surface area (Å²) in [6, 6.07) is 23.0. The van der Waals surface area contributed by atoms with Crippen LogP contribution >= 0.6 is 0 Å². The number of hydrogen-bond acceptors (Lipinski definition) is 4. The normalized spacial score (nSPS) is 9.64. The fourth-order valence-electron chi connectivity index (χ4n) is 1.95. The van der Waals surface area contributed by atoms with E-state index in [1.54, 1.807) is 6.07 Å². The van der Waals surface area contributed by atoms with Crippen LogP contribution in [-0.2, 0) is 0 Å². The van der Waals surface area contributed by atoms with Crippen molar-refractivity contribution in [3.05, 3.63) is 72.8 Å². The molecule has 0 atom stereocenters. The number of anilines is 4. The second-order valence-corrected chi connectivity index (χ2v) is 4.81. The molecule has 0 saturated heterocycles. The summed E-state index contributed by atoms with van der Waals surface area (Å²) in [6.45, 7) is 0. The van der Waals surface area contributed by atoms with Crippen molar-refractivity contribution in [3.8, 4) is 11.1 Å². The van der Waals surface area contributed by atoms with Crippen LogP contribution in [0, 0.1) is 0 Å². The van der Waals surface area contributed by atoms with Gasteiger partial charge in [0.1, 0.15) is 0 Å². The summed E-state index contributed by atoms with van der Waals surface area (Å²) in [6.07, 6.45) is 0. The zero-order valence-corrected chi connectivity index (χ0v) is 12.2. The summed E-state index contributed by atoms with van der Waals surface area (Å²) >= 11 is 0. The minimum absolute atomic E-state index is 0.425. The van der Waals surface area contributed by atoms with Gasteiger partial charge in [-0.2, -0.15) is 0 Å². The van der Waals surface area contributed by atoms with Gasteiger partial charge in [0, 0.05) is 11.3 Å². The van der Waals surface area contributed by atoms with Crippen LogP contribution in [0.2, 0.25) is 0 Å². The lowest BCUT2D eigenvalue weighted by atomic mass is 10.0. The molecular formula is C18H20N4. The second-order valence-electron chi connectivity index (χ2n) is 4.81. The van der Waals surface area contributed by atoms with E-state index in [4.69, 9.17) is 22.9 Å². The molecule has 3 aromatic carbocycles. The summed E-state index contributed by atoms with van der Waals surface area (Å²) in [4.78, 5) is 0. The van der Waals surface area contributed by atoms with E-state index in [-0.39, 0.29) is 0 Å². The first kappa shape index (κ1) is 15.3. The van der Waals surface area contributed by atoms with Gasteiger partial charge in [-0.15, -0.1) is 0 Å². The molecule has 0 fully saturated rings. The van der Waals surface area contributed by atoms with Crippen molar-refractivity contribution in [2.75, 3.05) is 22.9 Å². The lowest BCUT2D eigenvalue weighted by molar-refractivity contribution is 1.59. The van der Waals surface area contributed by atoms with E-state index in [1.807, 2.05) is 66.7 Å². The van der Waals surface area contributed by atoms with Gasteiger partial charge in [-0.1, -0.05) is 54.6 Å². The molecular weight excluding hydrogens is 272 g/mol. The first-order chi connectivity index (χ1) is 10.6. The monoisotopic (exact) mass is 292 g/mol. The van der Waals surface area contributed by atoms with Crippen LogP contribution in [0.15, 0.2) is 72.8 Å². The van der Waals surface area contributed by atoms with E-state index in [9.17, 15) is 0 Å². The first-order valence-electron chi connectivity index (χ1n) is 6.89. The molecule has 4 nitrogen and oxygen atoms in total. The Labute approximate surface area is 130 Å². The summed E-state index contributed by atoms with van der Waals surface area (Å²) in [5.74, 6) is 0. The molecule has 0 aromatic heterocycles. The standard InChI is InChI=1S/C12H14N4.C6H6/c13-8-3-1-7(2-4-8)9-5-6-10(14)12(16)11(9)15;1-2-4-6-5-3-1/h1-6H,13-16H2;1-6H. The molecule has 0 bridgehead atoms. The molecule has 0 aliphatic rings. The fourth-order valence-corrected chi connectivity index (χ4v) is 1.95. The van der Waals surface area contributed by atoms with Gasteiger partial charge in [0.15, 0.2) is 0 Å². The average molecular weight is 292 g/mol. The molecule has 0 amide bonds. The predicted octanol–water partition coefficient (Wildman–Crippen LogP) is 3.37. The smallest absolute Gasteiger partial charge is 0.0787 e. The number of hydrogen-bond donors (Lipinski definition) is 4. The van der Waals surface area contributed by atoms with E-state index >= 15 is 0 Å². The highest BCUT2D eigenvalue weighted by Crippen LogP contribution is 2.33. The van der Waals surface area contributed by atoms with Gasteiger partial charge in [0.2, 0.25) is 0 Å². The first-order valence-corrected chi connectivity index (χ1v) is 6.89. The molecule has 0 radical (unpaired) electrons. The Morgan fingerprint density at radius 1 is 0.500 bits per heavy atom. The van der Waals surface area contributed by atoms with Crippen molar-refractivity contribution < 1.29 is 0 Å². The van der Waals surface area contributed by atoms with Crippen molar-refractivity contribution in [1.29, 1.82) is 0 Å². The molecule has 0 heterocycles. The van der Waals surface area contributed by atoms with Crippen LogP contribution in [0.4, 0.5) is 22.7 Å². The van der Waals surface area contributed by atoms with Crippen LogP contribution in [-0.4, -0.2) is 0 Å². The Kier molecular flexibility index (Phi) is 4.88. The van der Waals surface area contributed by atoms with Crippen LogP contribution < -0.4 is 22.9 Å². The molecule has 3 rings (SSSR count). The summed E-state index contributed by atoms with van der Waals surface area (Å²) in [5, 5.41) is 0. The fraction of sp³-hybridized carbons (Fsp3) is 0. The van der Waals surface area contributed by atoms with Crippen LogP contribution in [0.5, 0.6) is 0 Å². The van der Waals surface area contributed by atoms with Crippen molar-refractivity contribution in [1.82, 2.24) is 0 Å². The zero-order chi connectivity index (χ0) is 15.9. The maximum Gasteiger partial charge on any atom is 0.0787 e. The highest BCUT2D eigenvalue weighted by molar-refractivity contribution is 5.90. The zero-order valence-electron chi connectivity index (χ0n) is 12.2. The van der Waals surface area contributed by atoms with Crippen LogP contribution in [0.3, 0.4) is 0 Å². The number of rotatable bonds is 1. The lowest BCUT2D eigenvalue weighted by Gasteiger charge is -2.10.